The van der Waals surface area contributed by atoms with E-state index < -0.39 is 19.9 Å². The third-order valence-corrected chi connectivity index (χ3v) is 9.89. The number of aromatic nitrogens is 2. The number of hydrogen-bond donors (Lipinski definition) is 0. The molecule has 4 aromatic rings. The molecule has 0 spiro atoms. The van der Waals surface area contributed by atoms with Crippen molar-refractivity contribution in [3.8, 4) is 11.3 Å². The quantitative estimate of drug-likeness (QED) is 0.476. The second kappa shape index (κ2) is 6.71. The van der Waals surface area contributed by atoms with Crippen LogP contribution in [0.25, 0.3) is 11.3 Å². The number of sulfone groups is 1. The molecule has 27 heavy (non-hydrogen) atoms. The summed E-state index contributed by atoms with van der Waals surface area (Å²) in [5, 5.41) is 7.25. The number of rotatable bonds is 5. The largest absolute Gasteiger partial charge is 0.293 e. The zero-order valence-corrected chi connectivity index (χ0v) is 16.9. The van der Waals surface area contributed by atoms with E-state index in [9.17, 15) is 16.8 Å². The van der Waals surface area contributed by atoms with E-state index >= 15 is 0 Å². The van der Waals surface area contributed by atoms with Gasteiger partial charge in [0.2, 0.25) is 9.84 Å². The Morgan fingerprint density at radius 1 is 0.778 bits per heavy atom. The molecule has 0 aliphatic carbocycles. The topological polar surface area (TPSA) is 86.1 Å². The molecule has 0 saturated heterocycles. The molecule has 0 fully saturated rings. The highest BCUT2D eigenvalue weighted by Gasteiger charge is 2.32. The van der Waals surface area contributed by atoms with Gasteiger partial charge < -0.3 is 0 Å². The standard InChI is InChI=1S/C17H12N2O4S4/c20-26(21,15-8-4-10-24-15)14-12-18-19(17(14)13-6-2-1-3-7-13)27(22,23)16-9-5-11-25-16/h1-12H. The Morgan fingerprint density at radius 2 is 1.41 bits per heavy atom. The summed E-state index contributed by atoms with van der Waals surface area (Å²) in [5.41, 5.74) is 0.475. The van der Waals surface area contributed by atoms with E-state index in [0.717, 1.165) is 33.0 Å². The fraction of sp³-hybridized carbons (Fsp3) is 0. The lowest BCUT2D eigenvalue weighted by atomic mass is 10.2. The van der Waals surface area contributed by atoms with Crippen LogP contribution >= 0.6 is 22.7 Å². The summed E-state index contributed by atoms with van der Waals surface area (Å²) >= 11 is 2.12. The third-order valence-electron chi connectivity index (χ3n) is 3.78. The van der Waals surface area contributed by atoms with Crippen molar-refractivity contribution >= 4 is 42.5 Å². The molecular weight excluding hydrogens is 424 g/mol. The molecule has 0 atom stereocenters. The molecule has 0 radical (unpaired) electrons. The van der Waals surface area contributed by atoms with Gasteiger partial charge in [-0.1, -0.05) is 42.5 Å². The fourth-order valence-corrected chi connectivity index (χ4v) is 7.48. The van der Waals surface area contributed by atoms with Crippen molar-refractivity contribution in [2.45, 2.75) is 13.3 Å². The van der Waals surface area contributed by atoms with E-state index in [1.54, 1.807) is 53.2 Å². The normalized spacial score (nSPS) is 12.3. The molecular formula is C17H12N2O4S4. The molecule has 0 amide bonds. The van der Waals surface area contributed by atoms with Crippen LogP contribution in [0.2, 0.25) is 0 Å². The second-order valence-electron chi connectivity index (χ2n) is 5.44. The van der Waals surface area contributed by atoms with E-state index in [2.05, 4.69) is 5.10 Å². The van der Waals surface area contributed by atoms with Crippen molar-refractivity contribution in [3.05, 3.63) is 71.6 Å². The average molecular weight is 437 g/mol. The van der Waals surface area contributed by atoms with Gasteiger partial charge in [0, 0.05) is 5.56 Å². The molecule has 0 aliphatic heterocycles. The van der Waals surface area contributed by atoms with Crippen LogP contribution in [0.5, 0.6) is 0 Å². The van der Waals surface area contributed by atoms with Crippen molar-refractivity contribution in [1.82, 2.24) is 9.19 Å². The zero-order chi connectivity index (χ0) is 19.1. The first-order chi connectivity index (χ1) is 12.9. The van der Waals surface area contributed by atoms with E-state index in [-0.39, 0.29) is 19.0 Å². The summed E-state index contributed by atoms with van der Waals surface area (Å²) in [4.78, 5) is -0.142. The van der Waals surface area contributed by atoms with Gasteiger partial charge in [0.05, 0.1) is 6.20 Å². The van der Waals surface area contributed by atoms with Gasteiger partial charge >= 0.3 is 0 Å². The minimum Gasteiger partial charge on any atom is -0.218 e. The van der Waals surface area contributed by atoms with Crippen molar-refractivity contribution in [2.24, 2.45) is 0 Å². The Morgan fingerprint density at radius 3 is 2.00 bits per heavy atom. The molecule has 0 bridgehead atoms. The first kappa shape index (κ1) is 18.1. The highest BCUT2D eigenvalue weighted by molar-refractivity contribution is 7.94. The monoisotopic (exact) mass is 436 g/mol. The van der Waals surface area contributed by atoms with Crippen LogP contribution in [-0.2, 0) is 19.9 Å². The molecule has 0 N–H and O–H groups in total. The highest BCUT2D eigenvalue weighted by atomic mass is 32.2. The molecule has 3 aromatic heterocycles. The Kier molecular flexibility index (Phi) is 4.50. The molecule has 138 valence electrons. The maximum atomic E-state index is 13.1. The number of nitrogens with zero attached hydrogens (tertiary/aromatic N) is 2. The molecule has 0 unspecified atom stereocenters. The van der Waals surface area contributed by atoms with Gasteiger partial charge in [-0.05, 0) is 22.9 Å². The SMILES string of the molecule is O=S(=O)(c1cccs1)c1cnn(S(=O)(=O)c2cccs2)c1-c1ccccc1. The van der Waals surface area contributed by atoms with Gasteiger partial charge in [-0.2, -0.15) is 17.6 Å². The fourth-order valence-electron chi connectivity index (χ4n) is 2.57. The molecule has 10 heteroatoms. The predicted molar refractivity (Wildman–Crippen MR) is 104 cm³/mol. The van der Waals surface area contributed by atoms with Crippen molar-refractivity contribution < 1.29 is 16.8 Å². The summed E-state index contributed by atoms with van der Waals surface area (Å²) < 4.78 is 53.2. The Hall–Kier alpha value is -2.27. The van der Waals surface area contributed by atoms with Crippen LogP contribution in [0, 0.1) is 0 Å². The Balaban J connectivity index is 2.02. The van der Waals surface area contributed by atoms with E-state index in [0.29, 0.717) is 5.56 Å². The lowest BCUT2D eigenvalue weighted by Crippen LogP contribution is -2.15. The van der Waals surface area contributed by atoms with Gasteiger partial charge in [0.1, 0.15) is 19.0 Å². The molecule has 4 rings (SSSR count). The van der Waals surface area contributed by atoms with Crippen molar-refractivity contribution in [1.29, 1.82) is 0 Å². The van der Waals surface area contributed by atoms with Crippen LogP contribution in [-0.4, -0.2) is 26.0 Å². The van der Waals surface area contributed by atoms with E-state index in [1.807, 2.05) is 0 Å². The smallest absolute Gasteiger partial charge is 0.218 e. The lowest BCUT2D eigenvalue weighted by molar-refractivity contribution is 0.583. The Bertz CT molecular complexity index is 1190. The highest BCUT2D eigenvalue weighted by Crippen LogP contribution is 2.35. The van der Waals surface area contributed by atoms with Crippen LogP contribution in [0.15, 0.2) is 84.9 Å². The van der Waals surface area contributed by atoms with Crippen LogP contribution in [0.3, 0.4) is 0 Å². The first-order valence-electron chi connectivity index (χ1n) is 7.63. The van der Waals surface area contributed by atoms with Crippen molar-refractivity contribution in [3.63, 3.8) is 0 Å². The van der Waals surface area contributed by atoms with Gasteiger partial charge in [-0.15, -0.1) is 22.7 Å². The number of hydrogen-bond acceptors (Lipinski definition) is 7. The molecule has 0 aliphatic rings. The van der Waals surface area contributed by atoms with Crippen LogP contribution in [0.1, 0.15) is 0 Å². The van der Waals surface area contributed by atoms with Gasteiger partial charge in [0.25, 0.3) is 10.0 Å². The minimum absolute atomic E-state index is 0.0254. The summed E-state index contributed by atoms with van der Waals surface area (Å²) in [6.45, 7) is 0. The zero-order valence-electron chi connectivity index (χ0n) is 13.6. The minimum atomic E-state index is -4.02. The lowest BCUT2D eigenvalue weighted by Gasteiger charge is -2.10. The summed E-state index contributed by atoms with van der Waals surface area (Å²) in [6, 6.07) is 14.7. The average Bonchev–Trinajstić information content (AvgIpc) is 3.44. The summed E-state index contributed by atoms with van der Waals surface area (Å²) in [7, 11) is -7.93. The maximum absolute atomic E-state index is 13.1. The molecule has 6 nitrogen and oxygen atoms in total. The van der Waals surface area contributed by atoms with Gasteiger partial charge in [-0.25, -0.2) is 8.42 Å². The third kappa shape index (κ3) is 3.04. The summed E-state index contributed by atoms with van der Waals surface area (Å²) in [5.74, 6) is 0. The van der Waals surface area contributed by atoms with E-state index in [1.165, 1.54) is 12.1 Å². The van der Waals surface area contributed by atoms with Crippen molar-refractivity contribution in [2.75, 3.05) is 0 Å². The molecule has 0 saturated carbocycles. The summed E-state index contributed by atoms with van der Waals surface area (Å²) in [6.07, 6.45) is 1.10. The van der Waals surface area contributed by atoms with Gasteiger partial charge in [0.15, 0.2) is 0 Å². The van der Waals surface area contributed by atoms with E-state index in [4.69, 9.17) is 0 Å². The maximum Gasteiger partial charge on any atom is 0.293 e. The van der Waals surface area contributed by atoms with Crippen LogP contribution in [0.4, 0.5) is 0 Å². The number of thiophene rings is 2. The van der Waals surface area contributed by atoms with Gasteiger partial charge in [-0.3, -0.25) is 0 Å². The first-order valence-corrected chi connectivity index (χ1v) is 12.3. The Labute approximate surface area is 164 Å². The van der Waals surface area contributed by atoms with Crippen LogP contribution < -0.4 is 0 Å². The predicted octanol–water partition coefficient (Wildman–Crippen LogP) is 3.74. The molecule has 1 aromatic carbocycles. The second-order valence-corrected chi connectivity index (χ2v) is 11.5. The number of benzene rings is 1. The molecule has 3 heterocycles.